The minimum absolute atomic E-state index is 0.0453. The third-order valence-corrected chi connectivity index (χ3v) is 5.60. The minimum atomic E-state index is -0.330. The lowest BCUT2D eigenvalue weighted by molar-refractivity contribution is -0.136. The first-order valence-corrected chi connectivity index (χ1v) is 9.26. The van der Waals surface area contributed by atoms with Crippen LogP contribution in [0.25, 0.3) is 0 Å². The Morgan fingerprint density at radius 3 is 2.78 bits per heavy atom. The van der Waals surface area contributed by atoms with Gasteiger partial charge in [0.25, 0.3) is 5.91 Å². The van der Waals surface area contributed by atoms with Crippen LogP contribution in [0.4, 0.5) is 0 Å². The van der Waals surface area contributed by atoms with Crippen molar-refractivity contribution in [1.29, 1.82) is 0 Å². The number of likely N-dealkylation sites (N-methyl/N-ethyl adjacent to an activating group) is 1. The van der Waals surface area contributed by atoms with Gasteiger partial charge in [0.15, 0.2) is 0 Å². The fraction of sp³-hybridized carbons (Fsp3) is 0.529. The predicted octanol–water partition coefficient (Wildman–Crippen LogP) is 1.41. The molecule has 0 saturated carbocycles. The van der Waals surface area contributed by atoms with E-state index in [-0.39, 0.29) is 17.9 Å². The summed E-state index contributed by atoms with van der Waals surface area (Å²) >= 11 is 1.65. The maximum atomic E-state index is 12.9. The number of amides is 2. The number of carbonyl (C=O) groups is 2. The van der Waals surface area contributed by atoms with Crippen LogP contribution in [0.2, 0.25) is 0 Å². The normalized spacial score (nSPS) is 24.7. The van der Waals surface area contributed by atoms with Crippen molar-refractivity contribution in [2.24, 2.45) is 0 Å². The monoisotopic (exact) mass is 333 g/mol. The molecule has 124 valence electrons. The second kappa shape index (κ2) is 7.36. The van der Waals surface area contributed by atoms with Gasteiger partial charge in [0.05, 0.1) is 5.88 Å². The second-order valence-electron chi connectivity index (χ2n) is 6.07. The number of nitrogens with one attached hydrogen (secondary N) is 1. The van der Waals surface area contributed by atoms with E-state index in [1.54, 1.807) is 16.7 Å². The van der Waals surface area contributed by atoms with Gasteiger partial charge in [0.1, 0.15) is 6.04 Å². The van der Waals surface area contributed by atoms with Crippen molar-refractivity contribution in [3.8, 4) is 0 Å². The number of rotatable bonds is 3. The Labute approximate surface area is 141 Å². The van der Waals surface area contributed by atoms with Gasteiger partial charge in [-0.1, -0.05) is 18.2 Å². The molecule has 0 radical (unpaired) electrons. The summed E-state index contributed by atoms with van der Waals surface area (Å²) in [6.07, 6.45) is 2.12. The highest BCUT2D eigenvalue weighted by Crippen LogP contribution is 2.25. The first-order chi connectivity index (χ1) is 11.2. The molecule has 1 aromatic rings. The molecule has 1 aromatic carbocycles. The van der Waals surface area contributed by atoms with E-state index in [1.807, 2.05) is 42.3 Å². The van der Waals surface area contributed by atoms with E-state index in [1.165, 1.54) is 0 Å². The number of likely N-dealkylation sites (tertiary alicyclic amines) is 1. The first kappa shape index (κ1) is 16.3. The fourth-order valence-electron chi connectivity index (χ4n) is 3.22. The number of piperidine rings is 1. The van der Waals surface area contributed by atoms with Crippen LogP contribution in [0.15, 0.2) is 30.3 Å². The molecule has 6 heteroatoms. The van der Waals surface area contributed by atoms with Crippen LogP contribution in [0.5, 0.6) is 0 Å². The zero-order valence-electron chi connectivity index (χ0n) is 13.4. The highest BCUT2D eigenvalue weighted by molar-refractivity contribution is 7.99. The number of thioether (sulfide) groups is 1. The van der Waals surface area contributed by atoms with Gasteiger partial charge in [-0.3, -0.25) is 9.59 Å². The van der Waals surface area contributed by atoms with Gasteiger partial charge in [0.2, 0.25) is 5.91 Å². The zero-order chi connectivity index (χ0) is 16.2. The van der Waals surface area contributed by atoms with E-state index in [2.05, 4.69) is 5.32 Å². The molecule has 2 atom stereocenters. The molecular formula is C17H23N3O2S. The molecule has 5 nitrogen and oxygen atoms in total. The van der Waals surface area contributed by atoms with Crippen LogP contribution in [0.3, 0.4) is 0 Å². The van der Waals surface area contributed by atoms with Crippen molar-refractivity contribution in [3.63, 3.8) is 0 Å². The maximum absolute atomic E-state index is 12.9. The SMILES string of the molecule is CNC1CCCN(C(=O)C2CSCN2C(=O)c2ccccc2)C1. The van der Waals surface area contributed by atoms with Crippen LogP contribution in [0, 0.1) is 0 Å². The summed E-state index contributed by atoms with van der Waals surface area (Å²) in [4.78, 5) is 29.2. The molecule has 2 saturated heterocycles. The van der Waals surface area contributed by atoms with E-state index in [0.717, 1.165) is 25.9 Å². The lowest BCUT2D eigenvalue weighted by atomic mass is 10.0. The molecule has 2 unspecified atom stereocenters. The minimum Gasteiger partial charge on any atom is -0.339 e. The summed E-state index contributed by atoms with van der Waals surface area (Å²) < 4.78 is 0. The Balaban J connectivity index is 1.71. The van der Waals surface area contributed by atoms with E-state index in [9.17, 15) is 9.59 Å². The molecule has 2 heterocycles. The number of carbonyl (C=O) groups excluding carboxylic acids is 2. The average Bonchev–Trinajstić information content (AvgIpc) is 3.11. The van der Waals surface area contributed by atoms with Crippen LogP contribution in [-0.4, -0.2) is 65.5 Å². The van der Waals surface area contributed by atoms with E-state index >= 15 is 0 Å². The first-order valence-electron chi connectivity index (χ1n) is 8.10. The zero-order valence-corrected chi connectivity index (χ0v) is 14.2. The molecule has 0 aliphatic carbocycles. The van der Waals surface area contributed by atoms with Gasteiger partial charge < -0.3 is 15.1 Å². The molecule has 0 bridgehead atoms. The number of hydrogen-bond donors (Lipinski definition) is 1. The molecule has 2 fully saturated rings. The quantitative estimate of drug-likeness (QED) is 0.909. The Kier molecular flexibility index (Phi) is 5.23. The van der Waals surface area contributed by atoms with Crippen molar-refractivity contribution >= 4 is 23.6 Å². The Morgan fingerprint density at radius 1 is 1.26 bits per heavy atom. The highest BCUT2D eigenvalue weighted by Gasteiger charge is 2.38. The van der Waals surface area contributed by atoms with Gasteiger partial charge in [-0.15, -0.1) is 11.8 Å². The molecule has 2 aliphatic rings. The van der Waals surface area contributed by atoms with Crippen LogP contribution in [0.1, 0.15) is 23.2 Å². The Hall–Kier alpha value is -1.53. The molecule has 2 aliphatic heterocycles. The summed E-state index contributed by atoms with van der Waals surface area (Å²) in [6.45, 7) is 1.54. The lowest BCUT2D eigenvalue weighted by Gasteiger charge is -2.35. The lowest BCUT2D eigenvalue weighted by Crippen LogP contribution is -2.54. The summed E-state index contributed by atoms with van der Waals surface area (Å²) in [5, 5.41) is 3.26. The highest BCUT2D eigenvalue weighted by atomic mass is 32.2. The third kappa shape index (κ3) is 3.53. The Bertz CT molecular complexity index is 566. The van der Waals surface area contributed by atoms with E-state index in [4.69, 9.17) is 0 Å². The molecule has 23 heavy (non-hydrogen) atoms. The average molecular weight is 333 g/mol. The predicted molar refractivity (Wildman–Crippen MR) is 92.4 cm³/mol. The molecule has 2 amide bonds. The summed E-state index contributed by atoms with van der Waals surface area (Å²) in [6, 6.07) is 9.26. The molecular weight excluding hydrogens is 310 g/mol. The number of benzene rings is 1. The van der Waals surface area contributed by atoms with Crippen molar-refractivity contribution in [1.82, 2.24) is 15.1 Å². The van der Waals surface area contributed by atoms with Crippen molar-refractivity contribution in [3.05, 3.63) is 35.9 Å². The van der Waals surface area contributed by atoms with Gasteiger partial charge in [-0.05, 0) is 32.0 Å². The summed E-state index contributed by atoms with van der Waals surface area (Å²) in [7, 11) is 1.94. The van der Waals surface area contributed by atoms with Crippen LogP contribution < -0.4 is 5.32 Å². The number of hydrogen-bond acceptors (Lipinski definition) is 4. The fourth-order valence-corrected chi connectivity index (χ4v) is 4.36. The maximum Gasteiger partial charge on any atom is 0.255 e. The van der Waals surface area contributed by atoms with Crippen LogP contribution in [-0.2, 0) is 4.79 Å². The largest absolute Gasteiger partial charge is 0.339 e. The smallest absolute Gasteiger partial charge is 0.255 e. The van der Waals surface area contributed by atoms with Gasteiger partial charge in [-0.2, -0.15) is 0 Å². The second-order valence-corrected chi connectivity index (χ2v) is 7.07. The molecule has 3 rings (SSSR count). The Morgan fingerprint density at radius 2 is 2.04 bits per heavy atom. The summed E-state index contributed by atoms with van der Waals surface area (Å²) in [5.74, 6) is 1.33. The van der Waals surface area contributed by atoms with E-state index < -0.39 is 0 Å². The number of nitrogens with zero attached hydrogens (tertiary/aromatic N) is 2. The van der Waals surface area contributed by atoms with Gasteiger partial charge in [0, 0.05) is 30.4 Å². The third-order valence-electron chi connectivity index (χ3n) is 4.59. The van der Waals surface area contributed by atoms with Crippen molar-refractivity contribution in [2.75, 3.05) is 31.8 Å². The van der Waals surface area contributed by atoms with Crippen LogP contribution >= 0.6 is 11.8 Å². The standard InChI is InChI=1S/C17H23N3O2S/c1-18-14-8-5-9-19(10-14)17(22)15-11-23-12-20(15)16(21)13-6-3-2-4-7-13/h2-4,6-7,14-15,18H,5,8-12H2,1H3. The summed E-state index contributed by atoms with van der Waals surface area (Å²) in [5.41, 5.74) is 0.652. The van der Waals surface area contributed by atoms with Gasteiger partial charge >= 0.3 is 0 Å². The van der Waals surface area contributed by atoms with Crippen molar-refractivity contribution < 1.29 is 9.59 Å². The molecule has 0 aromatic heterocycles. The van der Waals surface area contributed by atoms with Gasteiger partial charge in [-0.25, -0.2) is 0 Å². The molecule has 0 spiro atoms. The van der Waals surface area contributed by atoms with E-state index in [0.29, 0.717) is 23.2 Å². The molecule has 1 N–H and O–H groups in total. The topological polar surface area (TPSA) is 52.7 Å². The van der Waals surface area contributed by atoms with Crippen molar-refractivity contribution in [2.45, 2.75) is 24.9 Å².